The smallest absolute Gasteiger partial charge is 0.348 e. The standard InChI is InChI=1S/C28H41NO6S/c1-18-5-7-19(8-6-18)25(30)29(22-15-23(27(2,3)4)36-24(22)26(31)32)20-9-12-28(33,13-10-20)17-35-21-11-14-34-16-21/h5,15,19-21,33H,6-14,16-17H2,1-4H3,(H,31,32)/t19-,20?,21+,28?/m0/s1. The third-order valence-corrected chi connectivity index (χ3v) is 9.39. The first-order chi connectivity index (χ1) is 17.0. The van der Waals surface area contributed by atoms with Crippen molar-refractivity contribution in [1.82, 2.24) is 0 Å². The monoisotopic (exact) mass is 519 g/mol. The molecule has 4 rings (SSSR count). The van der Waals surface area contributed by atoms with Gasteiger partial charge in [-0.15, -0.1) is 11.3 Å². The predicted octanol–water partition coefficient (Wildman–Crippen LogP) is 5.30. The van der Waals surface area contributed by atoms with Gasteiger partial charge >= 0.3 is 5.97 Å². The molecule has 36 heavy (non-hydrogen) atoms. The molecule has 7 nitrogen and oxygen atoms in total. The summed E-state index contributed by atoms with van der Waals surface area (Å²) in [6.07, 6.45) is 7.62. The molecule has 1 aliphatic heterocycles. The minimum absolute atomic E-state index is 0.00861. The number of allylic oxidation sites excluding steroid dienone is 2. The Labute approximate surface area is 218 Å². The van der Waals surface area contributed by atoms with Gasteiger partial charge in [0.05, 0.1) is 30.6 Å². The van der Waals surface area contributed by atoms with Crippen LogP contribution in [0, 0.1) is 5.92 Å². The molecule has 200 valence electrons. The summed E-state index contributed by atoms with van der Waals surface area (Å²) < 4.78 is 11.3. The molecular weight excluding hydrogens is 478 g/mol. The predicted molar refractivity (Wildman–Crippen MR) is 141 cm³/mol. The first-order valence-electron chi connectivity index (χ1n) is 13.2. The molecule has 1 aromatic rings. The molecular formula is C28H41NO6S. The number of thiophene rings is 1. The van der Waals surface area contributed by atoms with Crippen molar-refractivity contribution in [3.8, 4) is 0 Å². The molecule has 2 fully saturated rings. The second-order valence-electron chi connectivity index (χ2n) is 11.9. The van der Waals surface area contributed by atoms with Gasteiger partial charge in [0.2, 0.25) is 5.91 Å². The maximum Gasteiger partial charge on any atom is 0.348 e. The summed E-state index contributed by atoms with van der Waals surface area (Å²) in [5.74, 6) is -1.14. The molecule has 3 aliphatic rings. The van der Waals surface area contributed by atoms with E-state index in [2.05, 4.69) is 33.8 Å². The van der Waals surface area contributed by atoms with Crippen LogP contribution in [0.3, 0.4) is 0 Å². The number of carboxylic acids is 1. The van der Waals surface area contributed by atoms with Gasteiger partial charge in [0.1, 0.15) is 4.88 Å². The van der Waals surface area contributed by atoms with E-state index >= 15 is 0 Å². The van der Waals surface area contributed by atoms with Crippen LogP contribution in [0.2, 0.25) is 0 Å². The van der Waals surface area contributed by atoms with E-state index in [9.17, 15) is 19.8 Å². The molecule has 0 spiro atoms. The number of carbonyl (C=O) groups is 2. The number of ether oxygens (including phenoxy) is 2. The van der Waals surface area contributed by atoms with Crippen LogP contribution in [0.1, 0.15) is 93.6 Å². The summed E-state index contributed by atoms with van der Waals surface area (Å²) >= 11 is 1.27. The van der Waals surface area contributed by atoms with E-state index in [0.29, 0.717) is 51.0 Å². The van der Waals surface area contributed by atoms with Crippen molar-refractivity contribution in [2.24, 2.45) is 5.92 Å². The van der Waals surface area contributed by atoms with Crippen LogP contribution in [0.15, 0.2) is 17.7 Å². The highest BCUT2D eigenvalue weighted by molar-refractivity contribution is 7.14. The lowest BCUT2D eigenvalue weighted by Crippen LogP contribution is -2.50. The van der Waals surface area contributed by atoms with Crippen molar-refractivity contribution in [2.75, 3.05) is 24.7 Å². The van der Waals surface area contributed by atoms with E-state index in [1.807, 2.05) is 6.07 Å². The van der Waals surface area contributed by atoms with Crippen molar-refractivity contribution in [3.63, 3.8) is 0 Å². The molecule has 0 radical (unpaired) electrons. The lowest BCUT2D eigenvalue weighted by atomic mass is 9.81. The Morgan fingerprint density at radius 2 is 1.94 bits per heavy atom. The average molecular weight is 520 g/mol. The largest absolute Gasteiger partial charge is 0.477 e. The van der Waals surface area contributed by atoms with Crippen molar-refractivity contribution in [3.05, 3.63) is 27.5 Å². The third-order valence-electron chi connectivity index (χ3n) is 7.86. The van der Waals surface area contributed by atoms with Gasteiger partial charge in [0, 0.05) is 23.4 Å². The van der Waals surface area contributed by atoms with Crippen LogP contribution >= 0.6 is 11.3 Å². The number of carboxylic acid groups (broad SMARTS) is 1. The Hall–Kier alpha value is -1.74. The molecule has 1 amide bonds. The van der Waals surface area contributed by atoms with Crippen molar-refractivity contribution in [2.45, 2.75) is 102 Å². The molecule has 8 heteroatoms. The van der Waals surface area contributed by atoms with Crippen LogP contribution in [-0.2, 0) is 19.7 Å². The molecule has 2 heterocycles. The summed E-state index contributed by atoms with van der Waals surface area (Å²) in [7, 11) is 0. The maximum atomic E-state index is 14.0. The van der Waals surface area contributed by atoms with Gasteiger partial charge in [-0.1, -0.05) is 32.4 Å². The first kappa shape index (κ1) is 27.3. The SMILES string of the molecule is CC1=CC[C@H](C(=O)N(c2cc(C(C)(C)C)sc2C(=O)O)C2CCC(O)(CO[C@@H]3CCOC3)CC2)CC1. The number of aliphatic hydroxyl groups is 1. The number of carbonyl (C=O) groups excluding carboxylic acids is 1. The summed E-state index contributed by atoms with van der Waals surface area (Å²) in [5.41, 5.74) is 0.668. The van der Waals surface area contributed by atoms with E-state index < -0.39 is 11.6 Å². The molecule has 1 aromatic heterocycles. The van der Waals surface area contributed by atoms with Crippen LogP contribution in [0.25, 0.3) is 0 Å². The molecule has 0 unspecified atom stereocenters. The lowest BCUT2D eigenvalue weighted by Gasteiger charge is -2.42. The van der Waals surface area contributed by atoms with Gasteiger partial charge in [-0.2, -0.15) is 0 Å². The van der Waals surface area contributed by atoms with Crippen molar-refractivity contribution in [1.29, 1.82) is 0 Å². The number of hydrogen-bond acceptors (Lipinski definition) is 6. The zero-order chi connectivity index (χ0) is 26.1. The second kappa shape index (κ2) is 10.9. The highest BCUT2D eigenvalue weighted by Gasteiger charge is 2.41. The van der Waals surface area contributed by atoms with Crippen LogP contribution in [-0.4, -0.2) is 59.7 Å². The third kappa shape index (κ3) is 6.21. The summed E-state index contributed by atoms with van der Waals surface area (Å²) in [6, 6.07) is 1.76. The second-order valence-corrected chi connectivity index (χ2v) is 12.9. The topological polar surface area (TPSA) is 96.3 Å². The number of nitrogens with zero attached hydrogens (tertiary/aromatic N) is 1. The highest BCUT2D eigenvalue weighted by Crippen LogP contribution is 2.42. The first-order valence-corrected chi connectivity index (χ1v) is 14.1. The molecule has 2 N–H and O–H groups in total. The number of aromatic carboxylic acids is 1. The Balaban J connectivity index is 1.58. The fraction of sp³-hybridized carbons (Fsp3) is 0.714. The van der Waals surface area contributed by atoms with Gasteiger partial charge in [0.15, 0.2) is 0 Å². The highest BCUT2D eigenvalue weighted by atomic mass is 32.1. The maximum absolute atomic E-state index is 14.0. The molecule has 1 saturated carbocycles. The van der Waals surface area contributed by atoms with Gasteiger partial charge < -0.3 is 24.6 Å². The fourth-order valence-corrected chi connectivity index (χ4v) is 6.47. The van der Waals surface area contributed by atoms with Crippen molar-refractivity contribution < 1.29 is 29.3 Å². The Morgan fingerprint density at radius 3 is 2.50 bits per heavy atom. The van der Waals surface area contributed by atoms with Crippen molar-refractivity contribution >= 4 is 28.9 Å². The number of anilines is 1. The van der Waals surface area contributed by atoms with E-state index in [0.717, 1.165) is 24.1 Å². The Morgan fingerprint density at radius 1 is 1.22 bits per heavy atom. The average Bonchev–Trinajstić information content (AvgIpc) is 3.50. The zero-order valence-corrected chi connectivity index (χ0v) is 22.9. The minimum atomic E-state index is -0.998. The fourth-order valence-electron chi connectivity index (χ4n) is 5.42. The summed E-state index contributed by atoms with van der Waals surface area (Å²) in [4.78, 5) is 29.3. The molecule has 0 aromatic carbocycles. The van der Waals surface area contributed by atoms with Crippen LogP contribution in [0.5, 0.6) is 0 Å². The molecule has 1 saturated heterocycles. The van der Waals surface area contributed by atoms with Gasteiger partial charge in [-0.3, -0.25) is 4.79 Å². The number of rotatable bonds is 7. The summed E-state index contributed by atoms with van der Waals surface area (Å²) in [5, 5.41) is 21.3. The quantitative estimate of drug-likeness (QED) is 0.475. The number of hydrogen-bond donors (Lipinski definition) is 2. The van der Waals surface area contributed by atoms with E-state index in [4.69, 9.17) is 9.47 Å². The Kier molecular flexibility index (Phi) is 8.29. The van der Waals surface area contributed by atoms with Crippen LogP contribution in [0.4, 0.5) is 5.69 Å². The Bertz CT molecular complexity index is 979. The molecule has 0 bridgehead atoms. The van der Waals surface area contributed by atoms with Gasteiger partial charge in [-0.05, 0) is 69.8 Å². The molecule has 2 atom stereocenters. The van der Waals surface area contributed by atoms with Crippen LogP contribution < -0.4 is 4.90 Å². The van der Waals surface area contributed by atoms with Gasteiger partial charge in [0.25, 0.3) is 0 Å². The summed E-state index contributed by atoms with van der Waals surface area (Å²) in [6.45, 7) is 9.81. The van der Waals surface area contributed by atoms with Gasteiger partial charge in [-0.25, -0.2) is 4.79 Å². The minimum Gasteiger partial charge on any atom is -0.477 e. The van der Waals surface area contributed by atoms with E-state index in [1.165, 1.54) is 16.9 Å². The lowest BCUT2D eigenvalue weighted by molar-refractivity contribution is -0.124. The van der Waals surface area contributed by atoms with E-state index in [1.54, 1.807) is 4.90 Å². The van der Waals surface area contributed by atoms with E-state index in [-0.39, 0.29) is 40.9 Å². The number of amides is 1. The normalized spacial score (nSPS) is 29.1. The zero-order valence-electron chi connectivity index (χ0n) is 22.0. The molecule has 2 aliphatic carbocycles.